The van der Waals surface area contributed by atoms with Crippen molar-refractivity contribution in [2.75, 3.05) is 19.6 Å². The summed E-state index contributed by atoms with van der Waals surface area (Å²) < 4.78 is 26.5. The van der Waals surface area contributed by atoms with E-state index in [1.807, 2.05) is 0 Å². The minimum Gasteiger partial charge on any atom is -0.480 e. The van der Waals surface area contributed by atoms with Crippen molar-refractivity contribution in [1.82, 2.24) is 14.9 Å². The van der Waals surface area contributed by atoms with Gasteiger partial charge in [-0.15, -0.1) is 0 Å². The molecule has 0 radical (unpaired) electrons. The SMILES string of the molecule is CC(=O)NCCN(C(=O)CCNS(=O)(=O)c1ccccc1)C(C)C(=O)O. The van der Waals surface area contributed by atoms with Gasteiger partial charge in [0.2, 0.25) is 21.8 Å². The van der Waals surface area contributed by atoms with Crippen LogP contribution < -0.4 is 10.0 Å². The topological polar surface area (TPSA) is 133 Å². The second-order valence-corrected chi connectivity index (χ2v) is 7.31. The highest BCUT2D eigenvalue weighted by Crippen LogP contribution is 2.07. The molecule has 0 saturated carbocycles. The van der Waals surface area contributed by atoms with Gasteiger partial charge in [0.15, 0.2) is 0 Å². The molecule has 1 rings (SSSR count). The molecule has 0 aliphatic heterocycles. The molecular weight excluding hydrogens is 362 g/mol. The van der Waals surface area contributed by atoms with Crippen LogP contribution in [0.2, 0.25) is 0 Å². The van der Waals surface area contributed by atoms with E-state index in [-0.39, 0.29) is 36.9 Å². The fourth-order valence-electron chi connectivity index (χ4n) is 2.14. The first kappa shape index (κ1) is 21.6. The highest BCUT2D eigenvalue weighted by molar-refractivity contribution is 7.89. The zero-order chi connectivity index (χ0) is 19.7. The standard InChI is InChI=1S/C16H23N3O6S/c1-12(16(22)23)19(11-10-17-13(2)20)15(21)8-9-18-26(24,25)14-6-4-3-5-7-14/h3-7,12,18H,8-11H2,1-2H3,(H,17,20)(H,22,23). The summed E-state index contributed by atoms with van der Waals surface area (Å²) in [5.74, 6) is -2.01. The highest BCUT2D eigenvalue weighted by atomic mass is 32.2. The molecule has 0 heterocycles. The van der Waals surface area contributed by atoms with Crippen molar-refractivity contribution in [3.8, 4) is 0 Å². The summed E-state index contributed by atoms with van der Waals surface area (Å²) in [5, 5.41) is 11.6. The molecule has 3 N–H and O–H groups in total. The second-order valence-electron chi connectivity index (χ2n) is 5.55. The Labute approximate surface area is 152 Å². The number of nitrogens with zero attached hydrogens (tertiary/aromatic N) is 1. The lowest BCUT2D eigenvalue weighted by molar-refractivity contribution is -0.149. The highest BCUT2D eigenvalue weighted by Gasteiger charge is 2.25. The van der Waals surface area contributed by atoms with E-state index in [4.69, 9.17) is 5.11 Å². The first-order valence-electron chi connectivity index (χ1n) is 7.96. The van der Waals surface area contributed by atoms with E-state index < -0.39 is 27.9 Å². The minimum absolute atomic E-state index is 0.0112. The van der Waals surface area contributed by atoms with Gasteiger partial charge in [0.1, 0.15) is 6.04 Å². The summed E-state index contributed by atoms with van der Waals surface area (Å²) in [6, 6.07) is 6.60. The smallest absolute Gasteiger partial charge is 0.326 e. The maximum absolute atomic E-state index is 12.3. The molecule has 2 amide bonds. The van der Waals surface area contributed by atoms with Crippen LogP contribution in [0.3, 0.4) is 0 Å². The molecule has 1 unspecified atom stereocenters. The lowest BCUT2D eigenvalue weighted by Gasteiger charge is -2.26. The van der Waals surface area contributed by atoms with E-state index in [2.05, 4.69) is 10.0 Å². The average molecular weight is 385 g/mol. The summed E-state index contributed by atoms with van der Waals surface area (Å²) in [7, 11) is -3.74. The monoisotopic (exact) mass is 385 g/mol. The lowest BCUT2D eigenvalue weighted by Crippen LogP contribution is -2.47. The molecule has 10 heteroatoms. The van der Waals surface area contributed by atoms with Crippen LogP contribution in [-0.2, 0) is 24.4 Å². The van der Waals surface area contributed by atoms with Gasteiger partial charge in [-0.25, -0.2) is 17.9 Å². The van der Waals surface area contributed by atoms with Crippen molar-refractivity contribution in [1.29, 1.82) is 0 Å². The molecule has 0 aliphatic rings. The van der Waals surface area contributed by atoms with Crippen LogP contribution in [0.5, 0.6) is 0 Å². The maximum Gasteiger partial charge on any atom is 0.326 e. The number of hydrogen-bond acceptors (Lipinski definition) is 5. The predicted octanol–water partition coefficient (Wildman–Crippen LogP) is -0.207. The molecule has 0 fully saturated rings. The van der Waals surface area contributed by atoms with Gasteiger partial charge in [-0.3, -0.25) is 9.59 Å². The molecule has 0 bridgehead atoms. The fraction of sp³-hybridized carbons (Fsp3) is 0.438. The molecule has 1 aromatic rings. The van der Waals surface area contributed by atoms with E-state index >= 15 is 0 Å². The van der Waals surface area contributed by atoms with Gasteiger partial charge < -0.3 is 15.3 Å². The Hall–Kier alpha value is -2.46. The van der Waals surface area contributed by atoms with Crippen molar-refractivity contribution < 1.29 is 27.9 Å². The lowest BCUT2D eigenvalue weighted by atomic mass is 10.2. The van der Waals surface area contributed by atoms with Crippen molar-refractivity contribution in [2.45, 2.75) is 31.2 Å². The zero-order valence-electron chi connectivity index (χ0n) is 14.6. The molecule has 0 aromatic heterocycles. The summed E-state index contributed by atoms with van der Waals surface area (Å²) in [6.07, 6.45) is -0.205. The average Bonchev–Trinajstić information content (AvgIpc) is 2.58. The molecule has 0 saturated heterocycles. The van der Waals surface area contributed by atoms with E-state index in [0.717, 1.165) is 4.90 Å². The van der Waals surface area contributed by atoms with E-state index in [0.29, 0.717) is 0 Å². The molecule has 26 heavy (non-hydrogen) atoms. The van der Waals surface area contributed by atoms with Crippen LogP contribution in [-0.4, -0.2) is 61.9 Å². The van der Waals surface area contributed by atoms with Gasteiger partial charge in [-0.1, -0.05) is 18.2 Å². The van der Waals surface area contributed by atoms with Crippen molar-refractivity contribution >= 4 is 27.8 Å². The number of carboxylic acids is 1. The Morgan fingerprint density at radius 3 is 2.31 bits per heavy atom. The van der Waals surface area contributed by atoms with Crippen LogP contribution >= 0.6 is 0 Å². The van der Waals surface area contributed by atoms with Gasteiger partial charge in [0, 0.05) is 33.0 Å². The molecule has 0 spiro atoms. The van der Waals surface area contributed by atoms with Gasteiger partial charge in [-0.2, -0.15) is 0 Å². The summed E-state index contributed by atoms with van der Waals surface area (Å²) in [4.78, 5) is 35.5. The number of carboxylic acid groups (broad SMARTS) is 1. The van der Waals surface area contributed by atoms with Gasteiger partial charge in [0.25, 0.3) is 0 Å². The number of nitrogens with one attached hydrogen (secondary N) is 2. The first-order valence-corrected chi connectivity index (χ1v) is 9.45. The van der Waals surface area contributed by atoms with Crippen LogP contribution in [0, 0.1) is 0 Å². The summed E-state index contributed by atoms with van der Waals surface area (Å²) in [6.45, 7) is 2.61. The third-order valence-electron chi connectivity index (χ3n) is 3.56. The molecule has 1 aromatic carbocycles. The van der Waals surface area contributed by atoms with Crippen molar-refractivity contribution in [3.63, 3.8) is 0 Å². The Morgan fingerprint density at radius 2 is 1.77 bits per heavy atom. The van der Waals surface area contributed by atoms with Crippen LogP contribution in [0.15, 0.2) is 35.2 Å². The number of rotatable bonds is 10. The molecule has 144 valence electrons. The van der Waals surface area contributed by atoms with Crippen LogP contribution in [0.1, 0.15) is 20.3 Å². The normalized spacial score (nSPS) is 12.2. The first-order chi connectivity index (χ1) is 12.1. The number of aliphatic carboxylic acids is 1. The second kappa shape index (κ2) is 9.88. The quantitative estimate of drug-likeness (QED) is 0.511. The molecule has 1 atom stereocenters. The largest absolute Gasteiger partial charge is 0.480 e. The third-order valence-corrected chi connectivity index (χ3v) is 5.03. The van der Waals surface area contributed by atoms with Crippen LogP contribution in [0.25, 0.3) is 0 Å². The summed E-state index contributed by atoms with van der Waals surface area (Å²) >= 11 is 0. The minimum atomic E-state index is -3.74. The third kappa shape index (κ3) is 6.81. The van der Waals surface area contributed by atoms with E-state index in [1.165, 1.54) is 26.0 Å². The Morgan fingerprint density at radius 1 is 1.15 bits per heavy atom. The Bertz CT molecular complexity index is 736. The maximum atomic E-state index is 12.3. The van der Waals surface area contributed by atoms with Gasteiger partial charge >= 0.3 is 5.97 Å². The Balaban J connectivity index is 2.65. The van der Waals surface area contributed by atoms with Crippen molar-refractivity contribution in [2.24, 2.45) is 0 Å². The summed E-state index contributed by atoms with van der Waals surface area (Å²) in [5.41, 5.74) is 0. The number of benzene rings is 1. The molecular formula is C16H23N3O6S. The van der Waals surface area contributed by atoms with Crippen molar-refractivity contribution in [3.05, 3.63) is 30.3 Å². The molecule has 0 aliphatic carbocycles. The number of sulfonamides is 1. The van der Waals surface area contributed by atoms with E-state index in [1.54, 1.807) is 18.2 Å². The fourth-order valence-corrected chi connectivity index (χ4v) is 3.19. The number of amides is 2. The van der Waals surface area contributed by atoms with Crippen LogP contribution in [0.4, 0.5) is 0 Å². The van der Waals surface area contributed by atoms with Gasteiger partial charge in [0.05, 0.1) is 4.90 Å². The molecule has 9 nitrogen and oxygen atoms in total. The number of hydrogen-bond donors (Lipinski definition) is 3. The zero-order valence-corrected chi connectivity index (χ0v) is 15.5. The van der Waals surface area contributed by atoms with Gasteiger partial charge in [-0.05, 0) is 19.1 Å². The van der Waals surface area contributed by atoms with E-state index in [9.17, 15) is 22.8 Å². The Kier molecular flexibility index (Phi) is 8.20. The number of carbonyl (C=O) groups excluding carboxylic acids is 2. The number of carbonyl (C=O) groups is 3. The predicted molar refractivity (Wildman–Crippen MR) is 93.7 cm³/mol.